The third kappa shape index (κ3) is 3.13. The minimum Gasteiger partial charge on any atom is -0.369 e. The van der Waals surface area contributed by atoms with Crippen LogP contribution in [0.1, 0.15) is 19.8 Å². The Morgan fingerprint density at radius 2 is 2.14 bits per heavy atom. The van der Waals surface area contributed by atoms with E-state index in [9.17, 15) is 9.59 Å². The predicted octanol–water partition coefficient (Wildman–Crippen LogP) is 1.69. The number of benzene rings is 1. The molecule has 1 N–H and O–H groups in total. The summed E-state index contributed by atoms with van der Waals surface area (Å²) in [4.78, 5) is 30.9. The molecule has 29 heavy (non-hydrogen) atoms. The Morgan fingerprint density at radius 3 is 2.93 bits per heavy atom. The molecule has 2 amide bonds. The van der Waals surface area contributed by atoms with Crippen LogP contribution in [0.4, 0.5) is 0 Å². The molecular formula is C22H26N4O3. The van der Waals surface area contributed by atoms with Gasteiger partial charge in [0, 0.05) is 49.8 Å². The topological polar surface area (TPSA) is 76.5 Å². The molecule has 152 valence electrons. The minimum absolute atomic E-state index is 0.0127. The molecular weight excluding hydrogens is 368 g/mol. The summed E-state index contributed by atoms with van der Waals surface area (Å²) in [5.41, 5.74) is 0.778. The molecule has 5 rings (SSSR count). The van der Waals surface area contributed by atoms with Crippen molar-refractivity contribution in [3.8, 4) is 11.4 Å². The van der Waals surface area contributed by atoms with E-state index in [1.54, 1.807) is 13.1 Å². The summed E-state index contributed by atoms with van der Waals surface area (Å²) >= 11 is 0. The van der Waals surface area contributed by atoms with Crippen LogP contribution in [0.2, 0.25) is 0 Å². The molecule has 0 aliphatic carbocycles. The smallest absolute Gasteiger partial charge is 0.242 e. The monoisotopic (exact) mass is 394 g/mol. The highest BCUT2D eigenvalue weighted by atomic mass is 16.5. The van der Waals surface area contributed by atoms with E-state index in [0.29, 0.717) is 31.5 Å². The molecule has 3 aliphatic rings. The van der Waals surface area contributed by atoms with E-state index in [4.69, 9.17) is 4.74 Å². The molecule has 1 aromatic carbocycles. The lowest BCUT2D eigenvalue weighted by Crippen LogP contribution is -2.41. The van der Waals surface area contributed by atoms with Gasteiger partial charge in [-0.25, -0.2) is 4.98 Å². The van der Waals surface area contributed by atoms with Crippen molar-refractivity contribution in [2.75, 3.05) is 19.6 Å². The van der Waals surface area contributed by atoms with Gasteiger partial charge in [-0.1, -0.05) is 30.3 Å². The van der Waals surface area contributed by atoms with Crippen molar-refractivity contribution >= 4 is 11.8 Å². The molecule has 4 atom stereocenters. The fourth-order valence-electron chi connectivity index (χ4n) is 5.45. The Kier molecular flexibility index (Phi) is 4.42. The maximum absolute atomic E-state index is 13.1. The third-order valence-corrected chi connectivity index (χ3v) is 6.78. The molecule has 0 saturated carbocycles. The molecule has 1 aromatic heterocycles. The van der Waals surface area contributed by atoms with Crippen LogP contribution in [0.25, 0.3) is 11.4 Å². The van der Waals surface area contributed by atoms with Gasteiger partial charge in [-0.3, -0.25) is 9.59 Å². The van der Waals surface area contributed by atoms with E-state index < -0.39 is 0 Å². The summed E-state index contributed by atoms with van der Waals surface area (Å²) in [6.07, 6.45) is 5.83. The summed E-state index contributed by atoms with van der Waals surface area (Å²) in [5.74, 6) is 1.47. The first kappa shape index (κ1) is 18.4. The Hall–Kier alpha value is -2.67. The molecule has 7 heteroatoms. The highest BCUT2D eigenvalue weighted by molar-refractivity contribution is 5.77. The minimum atomic E-state index is -0.222. The first-order valence-corrected chi connectivity index (χ1v) is 10.3. The molecule has 3 aliphatic heterocycles. The number of nitrogens with one attached hydrogen (secondary N) is 1. The van der Waals surface area contributed by atoms with Crippen LogP contribution in [0.5, 0.6) is 0 Å². The van der Waals surface area contributed by atoms with Gasteiger partial charge in [0.2, 0.25) is 11.8 Å². The second kappa shape index (κ2) is 6.99. The summed E-state index contributed by atoms with van der Waals surface area (Å²) in [6.45, 7) is 3.80. The lowest BCUT2D eigenvalue weighted by Gasteiger charge is -2.29. The standard InChI is InChI=1S/C22H26N4O3/c1-15(27)24-11-17-18-12-26(14-22(18)8-7-19(17)29-22)20(28)13-25-10-9-23-21(25)16-5-3-2-4-6-16/h2-6,9-10,17-19H,7-8,11-14H2,1H3,(H,24,27)/t17-,18+,19+,22+/m0/s1. The fourth-order valence-corrected chi connectivity index (χ4v) is 5.45. The van der Waals surface area contributed by atoms with Gasteiger partial charge in [0.15, 0.2) is 0 Å². The van der Waals surface area contributed by atoms with Gasteiger partial charge in [-0.15, -0.1) is 0 Å². The number of fused-ring (bicyclic) bond motifs is 1. The number of rotatable bonds is 5. The maximum Gasteiger partial charge on any atom is 0.242 e. The van der Waals surface area contributed by atoms with E-state index in [-0.39, 0.29) is 30.1 Å². The summed E-state index contributed by atoms with van der Waals surface area (Å²) in [6, 6.07) is 9.92. The van der Waals surface area contributed by atoms with E-state index in [2.05, 4.69) is 10.3 Å². The Bertz CT molecular complexity index is 927. The van der Waals surface area contributed by atoms with Crippen molar-refractivity contribution in [1.29, 1.82) is 0 Å². The van der Waals surface area contributed by atoms with Gasteiger partial charge in [0.1, 0.15) is 12.4 Å². The van der Waals surface area contributed by atoms with Crippen LogP contribution in [-0.4, -0.2) is 57.6 Å². The molecule has 2 aromatic rings. The van der Waals surface area contributed by atoms with Gasteiger partial charge in [-0.05, 0) is 12.8 Å². The first-order valence-electron chi connectivity index (χ1n) is 10.3. The average Bonchev–Trinajstić information content (AvgIpc) is 3.47. The Balaban J connectivity index is 1.30. The van der Waals surface area contributed by atoms with Crippen LogP contribution in [-0.2, 0) is 20.9 Å². The summed E-state index contributed by atoms with van der Waals surface area (Å²) in [5, 5.41) is 2.95. The lowest BCUT2D eigenvalue weighted by molar-refractivity contribution is -0.132. The zero-order chi connectivity index (χ0) is 20.0. The zero-order valence-corrected chi connectivity index (χ0v) is 16.6. The molecule has 3 saturated heterocycles. The van der Waals surface area contributed by atoms with Crippen molar-refractivity contribution in [3.63, 3.8) is 0 Å². The van der Waals surface area contributed by atoms with Crippen molar-refractivity contribution in [2.24, 2.45) is 11.8 Å². The van der Waals surface area contributed by atoms with Crippen LogP contribution >= 0.6 is 0 Å². The number of imidazole rings is 1. The Morgan fingerprint density at radius 1 is 1.31 bits per heavy atom. The fraction of sp³-hybridized carbons (Fsp3) is 0.500. The largest absolute Gasteiger partial charge is 0.369 e. The van der Waals surface area contributed by atoms with Gasteiger partial charge >= 0.3 is 0 Å². The second-order valence-electron chi connectivity index (χ2n) is 8.49. The zero-order valence-electron chi connectivity index (χ0n) is 16.6. The number of likely N-dealkylation sites (tertiary alicyclic amines) is 1. The molecule has 7 nitrogen and oxygen atoms in total. The van der Waals surface area contributed by atoms with Crippen molar-refractivity contribution in [2.45, 2.75) is 38.0 Å². The molecule has 3 fully saturated rings. The average molecular weight is 394 g/mol. The molecule has 4 heterocycles. The molecule has 0 radical (unpaired) electrons. The van der Waals surface area contributed by atoms with Crippen LogP contribution in [0, 0.1) is 11.8 Å². The van der Waals surface area contributed by atoms with Gasteiger partial charge in [0.05, 0.1) is 18.2 Å². The van der Waals surface area contributed by atoms with Crippen LogP contribution in [0.15, 0.2) is 42.7 Å². The second-order valence-corrected chi connectivity index (χ2v) is 8.49. The van der Waals surface area contributed by atoms with E-state index in [1.165, 1.54) is 0 Å². The van der Waals surface area contributed by atoms with Gasteiger partial charge < -0.3 is 19.5 Å². The molecule has 0 unspecified atom stereocenters. The first-order chi connectivity index (χ1) is 14.1. The molecule has 1 spiro atoms. The van der Waals surface area contributed by atoms with E-state index in [0.717, 1.165) is 24.2 Å². The maximum atomic E-state index is 13.1. The normalized spacial score (nSPS) is 29.8. The van der Waals surface area contributed by atoms with Crippen molar-refractivity contribution < 1.29 is 14.3 Å². The van der Waals surface area contributed by atoms with E-state index in [1.807, 2.05) is 46.0 Å². The number of aromatic nitrogens is 2. The lowest BCUT2D eigenvalue weighted by atomic mass is 9.73. The number of nitrogens with zero attached hydrogens (tertiary/aromatic N) is 3. The number of hydrogen-bond acceptors (Lipinski definition) is 4. The van der Waals surface area contributed by atoms with Crippen LogP contribution < -0.4 is 5.32 Å². The highest BCUT2D eigenvalue weighted by Gasteiger charge is 2.63. The Labute approximate surface area is 170 Å². The number of ether oxygens (including phenoxy) is 1. The van der Waals surface area contributed by atoms with Crippen molar-refractivity contribution in [3.05, 3.63) is 42.7 Å². The number of hydrogen-bond donors (Lipinski definition) is 1. The highest BCUT2D eigenvalue weighted by Crippen LogP contribution is 2.54. The number of amides is 2. The van der Waals surface area contributed by atoms with Crippen LogP contribution in [0.3, 0.4) is 0 Å². The van der Waals surface area contributed by atoms with Gasteiger partial charge in [-0.2, -0.15) is 0 Å². The molecule has 2 bridgehead atoms. The SMILES string of the molecule is CC(=O)NC[C@H]1[C@H]2CN(C(=O)Cn3ccnc3-c3ccccc3)C[C@]23CC[C@H]1O3. The third-order valence-electron chi connectivity index (χ3n) is 6.78. The quantitative estimate of drug-likeness (QED) is 0.837. The number of carbonyl (C=O) groups is 2. The van der Waals surface area contributed by atoms with Crippen molar-refractivity contribution in [1.82, 2.24) is 19.8 Å². The summed E-state index contributed by atoms with van der Waals surface area (Å²) in [7, 11) is 0. The summed E-state index contributed by atoms with van der Waals surface area (Å²) < 4.78 is 8.29. The van der Waals surface area contributed by atoms with Gasteiger partial charge in [0.25, 0.3) is 0 Å². The van der Waals surface area contributed by atoms with E-state index >= 15 is 0 Å². The predicted molar refractivity (Wildman–Crippen MR) is 107 cm³/mol. The number of carbonyl (C=O) groups excluding carboxylic acids is 2.